The van der Waals surface area contributed by atoms with Crippen LogP contribution in [0.2, 0.25) is 5.02 Å². The summed E-state index contributed by atoms with van der Waals surface area (Å²) < 4.78 is 48.7. The summed E-state index contributed by atoms with van der Waals surface area (Å²) in [4.78, 5) is 14.1. The summed E-state index contributed by atoms with van der Waals surface area (Å²) in [5, 5.41) is 10.4. The van der Waals surface area contributed by atoms with Crippen LogP contribution in [0.3, 0.4) is 0 Å². The molecule has 2 aromatic carbocycles. The molecule has 0 radical (unpaired) electrons. The molecule has 1 amide bonds. The molecule has 0 atom stereocenters. The molecule has 1 N–H and O–H groups in total. The van der Waals surface area contributed by atoms with Gasteiger partial charge in [-0.3, -0.25) is 0 Å². The highest BCUT2D eigenvalue weighted by Gasteiger charge is 2.38. The lowest BCUT2D eigenvalue weighted by Crippen LogP contribution is -2.35. The number of hydrogen-bond acceptors (Lipinski definition) is 3. The fourth-order valence-electron chi connectivity index (χ4n) is 3.33. The van der Waals surface area contributed by atoms with Gasteiger partial charge in [0.2, 0.25) is 5.88 Å². The molecule has 0 fully saturated rings. The number of carbonyl (C=O) groups is 1. The van der Waals surface area contributed by atoms with E-state index < -0.39 is 23.6 Å². The van der Waals surface area contributed by atoms with Gasteiger partial charge in [0.05, 0.1) is 12.1 Å². The molecule has 9 heteroatoms. The number of amides is 1. The first-order valence-corrected chi connectivity index (χ1v) is 11.0. The van der Waals surface area contributed by atoms with E-state index in [1.165, 1.54) is 11.9 Å². The van der Waals surface area contributed by atoms with Crippen LogP contribution in [-0.2, 0) is 12.7 Å². The summed E-state index contributed by atoms with van der Waals surface area (Å²) in [5.41, 5.74) is -0.810. The highest BCUT2D eigenvalue weighted by molar-refractivity contribution is 6.30. The van der Waals surface area contributed by atoms with Gasteiger partial charge in [-0.2, -0.15) is 13.2 Å². The Kier molecular flexibility index (Phi) is 7.63. The fourth-order valence-corrected chi connectivity index (χ4v) is 3.45. The van der Waals surface area contributed by atoms with Gasteiger partial charge in [-0.1, -0.05) is 54.1 Å². The van der Waals surface area contributed by atoms with Crippen LogP contribution < -0.4 is 4.74 Å². The summed E-state index contributed by atoms with van der Waals surface area (Å²) in [5.74, 6) is -0.224. The first-order chi connectivity index (χ1) is 15.8. The number of alkyl halides is 3. The third-order valence-corrected chi connectivity index (χ3v) is 5.48. The van der Waals surface area contributed by atoms with Gasteiger partial charge in [0, 0.05) is 24.2 Å². The number of benzene rings is 2. The van der Waals surface area contributed by atoms with Crippen molar-refractivity contribution in [3.05, 3.63) is 76.9 Å². The van der Waals surface area contributed by atoms with Crippen molar-refractivity contribution in [2.45, 2.75) is 38.6 Å². The molecule has 0 saturated heterocycles. The van der Waals surface area contributed by atoms with Crippen LogP contribution in [0, 0.1) is 0 Å². The molecule has 0 spiro atoms. The number of carbonyl (C=O) groups excluding carboxylic acids is 1. The molecule has 0 bridgehead atoms. The quantitative estimate of drug-likeness (QED) is 0.409. The van der Waals surface area contributed by atoms with E-state index in [1.54, 1.807) is 68.4 Å². The van der Waals surface area contributed by atoms with Crippen molar-refractivity contribution in [3.63, 3.8) is 0 Å². The zero-order valence-electron chi connectivity index (χ0n) is 19.1. The summed E-state index contributed by atoms with van der Waals surface area (Å²) in [7, 11) is 1.46. The van der Waals surface area contributed by atoms with E-state index >= 15 is 0 Å². The molecule has 0 aliphatic carbocycles. The molecule has 0 unspecified atom stereocenters. The van der Waals surface area contributed by atoms with Crippen LogP contribution in [0.25, 0.3) is 11.1 Å². The molecule has 3 aromatic rings. The highest BCUT2D eigenvalue weighted by atomic mass is 35.5. The smallest absolute Gasteiger partial charge is 0.392 e. The second-order valence-electron chi connectivity index (χ2n) is 8.68. The number of hydrogen-bond donors (Lipinski definition) is 1. The topological polar surface area (TPSA) is 54.7 Å². The molecule has 0 aliphatic heterocycles. The van der Waals surface area contributed by atoms with Gasteiger partial charge in [0.15, 0.2) is 0 Å². The van der Waals surface area contributed by atoms with Crippen LogP contribution in [0.15, 0.2) is 60.7 Å². The van der Waals surface area contributed by atoms with Crippen LogP contribution in [0.5, 0.6) is 5.88 Å². The lowest BCUT2D eigenvalue weighted by atomic mass is 10.1. The van der Waals surface area contributed by atoms with Gasteiger partial charge in [0.25, 0.3) is 0 Å². The van der Waals surface area contributed by atoms with E-state index in [9.17, 15) is 23.1 Å². The number of rotatable bonds is 7. The van der Waals surface area contributed by atoms with Crippen LogP contribution in [-0.4, -0.2) is 39.9 Å². The summed E-state index contributed by atoms with van der Waals surface area (Å²) >= 11 is 5.96. The Bertz CT molecular complexity index is 1120. The Morgan fingerprint density at radius 2 is 1.71 bits per heavy atom. The van der Waals surface area contributed by atoms with Crippen LogP contribution in [0.1, 0.15) is 31.5 Å². The minimum absolute atomic E-state index is 0.115. The molecule has 0 aliphatic rings. The molecule has 0 saturated carbocycles. The van der Waals surface area contributed by atoms with Crippen molar-refractivity contribution in [2.75, 3.05) is 13.6 Å². The lowest BCUT2D eigenvalue weighted by molar-refractivity contribution is -0.143. The number of aromatic nitrogens is 1. The van der Waals surface area contributed by atoms with Gasteiger partial charge in [-0.05, 0) is 49.6 Å². The number of halogens is 4. The second-order valence-corrected chi connectivity index (χ2v) is 9.11. The minimum Gasteiger partial charge on any atom is -0.392 e. The SMILES string of the molecule is CN(CCC(C)(C)O)C(=O)Oc1c(-c2ccc(Cl)cc2)cc(C(F)(F)F)n1Cc1ccccc1. The van der Waals surface area contributed by atoms with E-state index in [1.807, 2.05) is 0 Å². The van der Waals surface area contributed by atoms with Gasteiger partial charge >= 0.3 is 12.3 Å². The monoisotopic (exact) mass is 494 g/mol. The first kappa shape index (κ1) is 25.6. The van der Waals surface area contributed by atoms with E-state index in [0.29, 0.717) is 16.1 Å². The molecule has 1 aromatic heterocycles. The van der Waals surface area contributed by atoms with Crippen molar-refractivity contribution >= 4 is 17.7 Å². The molecule has 1 heterocycles. The molecule has 5 nitrogen and oxygen atoms in total. The van der Waals surface area contributed by atoms with Crippen molar-refractivity contribution in [2.24, 2.45) is 0 Å². The molecular weight excluding hydrogens is 469 g/mol. The molecule has 182 valence electrons. The molecule has 3 rings (SSSR count). The van der Waals surface area contributed by atoms with Crippen LogP contribution >= 0.6 is 11.6 Å². The lowest BCUT2D eigenvalue weighted by Gasteiger charge is -2.23. The maximum atomic E-state index is 14.1. The number of ether oxygens (including phenoxy) is 1. The van der Waals surface area contributed by atoms with Crippen molar-refractivity contribution in [3.8, 4) is 17.0 Å². The predicted molar refractivity (Wildman–Crippen MR) is 125 cm³/mol. The van der Waals surface area contributed by atoms with E-state index in [2.05, 4.69) is 0 Å². The largest absolute Gasteiger partial charge is 0.431 e. The normalized spacial score (nSPS) is 12.0. The van der Waals surface area contributed by atoms with E-state index in [4.69, 9.17) is 16.3 Å². The summed E-state index contributed by atoms with van der Waals surface area (Å²) in [6.45, 7) is 3.21. The maximum Gasteiger partial charge on any atom is 0.431 e. The minimum atomic E-state index is -4.69. The van der Waals surface area contributed by atoms with Crippen molar-refractivity contribution in [1.29, 1.82) is 0 Å². The van der Waals surface area contributed by atoms with E-state index in [0.717, 1.165) is 10.6 Å². The standard InChI is InChI=1S/C25H26ClF3N2O3/c1-24(2,33)13-14-30(3)23(32)34-22-20(18-9-11-19(26)12-10-18)15-21(25(27,28)29)31(22)16-17-7-5-4-6-8-17/h4-12,15,33H,13-14,16H2,1-3H3. The Morgan fingerprint density at radius 3 is 2.26 bits per heavy atom. The average Bonchev–Trinajstić information content (AvgIpc) is 3.11. The summed E-state index contributed by atoms with van der Waals surface area (Å²) in [6, 6.07) is 15.8. The summed E-state index contributed by atoms with van der Waals surface area (Å²) in [6.07, 6.45) is -5.25. The third kappa shape index (κ3) is 6.55. The van der Waals surface area contributed by atoms with Crippen molar-refractivity contribution < 1.29 is 27.8 Å². The zero-order valence-corrected chi connectivity index (χ0v) is 19.8. The van der Waals surface area contributed by atoms with Gasteiger partial charge in [0.1, 0.15) is 5.69 Å². The second kappa shape index (κ2) is 10.1. The highest BCUT2D eigenvalue weighted by Crippen LogP contribution is 2.41. The van der Waals surface area contributed by atoms with Crippen molar-refractivity contribution in [1.82, 2.24) is 9.47 Å². The number of nitrogens with zero attached hydrogens (tertiary/aromatic N) is 2. The van der Waals surface area contributed by atoms with Gasteiger partial charge in [-0.15, -0.1) is 0 Å². The fraction of sp³-hybridized carbons (Fsp3) is 0.320. The molecule has 34 heavy (non-hydrogen) atoms. The molecular formula is C25H26ClF3N2O3. The Morgan fingerprint density at radius 1 is 1.09 bits per heavy atom. The maximum absolute atomic E-state index is 14.1. The zero-order chi connectivity index (χ0) is 25.1. The Balaban J connectivity index is 2.08. The van der Waals surface area contributed by atoms with Gasteiger partial charge in [-0.25, -0.2) is 4.79 Å². The number of aliphatic hydroxyl groups is 1. The van der Waals surface area contributed by atoms with E-state index in [-0.39, 0.29) is 31.0 Å². The predicted octanol–water partition coefficient (Wildman–Crippen LogP) is 6.47. The van der Waals surface area contributed by atoms with Crippen LogP contribution in [0.4, 0.5) is 18.0 Å². The Hall–Kier alpha value is -2.97. The van der Waals surface area contributed by atoms with Gasteiger partial charge < -0.3 is 19.3 Å². The third-order valence-electron chi connectivity index (χ3n) is 5.23. The Labute approximate surface area is 201 Å². The average molecular weight is 495 g/mol. The first-order valence-electron chi connectivity index (χ1n) is 10.6.